The number of aliphatic carboxylic acids is 1. The van der Waals surface area contributed by atoms with E-state index in [-0.39, 0.29) is 6.54 Å². The number of halogens is 1. The van der Waals surface area contributed by atoms with Crippen molar-refractivity contribution < 1.29 is 14.6 Å². The van der Waals surface area contributed by atoms with Crippen molar-refractivity contribution in [1.82, 2.24) is 9.97 Å². The van der Waals surface area contributed by atoms with Crippen molar-refractivity contribution in [1.29, 1.82) is 0 Å². The minimum Gasteiger partial charge on any atom is -0.479 e. The summed E-state index contributed by atoms with van der Waals surface area (Å²) in [6.45, 7) is 1.22. The summed E-state index contributed by atoms with van der Waals surface area (Å²) in [7, 11) is 0. The summed E-state index contributed by atoms with van der Waals surface area (Å²) in [5.74, 6) is -0.348. The van der Waals surface area contributed by atoms with Crippen LogP contribution in [0.25, 0.3) is 0 Å². The lowest BCUT2D eigenvalue weighted by molar-refractivity contribution is -0.150. The van der Waals surface area contributed by atoms with E-state index in [9.17, 15) is 4.79 Å². The van der Waals surface area contributed by atoms with Crippen molar-refractivity contribution in [2.24, 2.45) is 0 Å². The number of morpholine rings is 1. The van der Waals surface area contributed by atoms with Crippen molar-refractivity contribution in [2.45, 2.75) is 6.10 Å². The smallest absolute Gasteiger partial charge is 0.334 e. The largest absolute Gasteiger partial charge is 0.479 e. The van der Waals surface area contributed by atoms with E-state index in [2.05, 4.69) is 9.97 Å². The topological polar surface area (TPSA) is 75.5 Å². The molecule has 0 bridgehead atoms. The van der Waals surface area contributed by atoms with Gasteiger partial charge in [0.25, 0.3) is 0 Å². The van der Waals surface area contributed by atoms with Crippen molar-refractivity contribution >= 4 is 23.4 Å². The van der Waals surface area contributed by atoms with Crippen molar-refractivity contribution in [3.63, 3.8) is 0 Å². The van der Waals surface area contributed by atoms with Crippen molar-refractivity contribution in [2.75, 3.05) is 24.6 Å². The number of aromatic nitrogens is 2. The van der Waals surface area contributed by atoms with Crippen LogP contribution in [0.5, 0.6) is 0 Å². The van der Waals surface area contributed by atoms with E-state index in [4.69, 9.17) is 21.4 Å². The van der Waals surface area contributed by atoms with Crippen LogP contribution < -0.4 is 4.90 Å². The van der Waals surface area contributed by atoms with E-state index < -0.39 is 12.1 Å². The average molecular weight is 244 g/mol. The third-order valence-corrected chi connectivity index (χ3v) is 2.49. The predicted octanol–water partition coefficient (Wildman–Crippen LogP) is 0.420. The molecule has 2 heterocycles. The summed E-state index contributed by atoms with van der Waals surface area (Å²) in [5.41, 5.74) is 0. The maximum Gasteiger partial charge on any atom is 0.334 e. The lowest BCUT2D eigenvalue weighted by atomic mass is 10.2. The van der Waals surface area contributed by atoms with E-state index >= 15 is 0 Å². The van der Waals surface area contributed by atoms with Crippen LogP contribution in [0.4, 0.5) is 5.82 Å². The van der Waals surface area contributed by atoms with Crippen molar-refractivity contribution in [3.05, 3.63) is 17.5 Å². The molecule has 0 spiro atoms. The number of ether oxygens (including phenoxy) is 1. The monoisotopic (exact) mass is 243 g/mol. The van der Waals surface area contributed by atoms with Crippen LogP contribution in [0, 0.1) is 0 Å². The molecular weight excluding hydrogens is 234 g/mol. The first-order valence-corrected chi connectivity index (χ1v) is 5.11. The van der Waals surface area contributed by atoms with Crippen LogP contribution >= 0.6 is 11.6 Å². The number of carboxylic acid groups (broad SMARTS) is 1. The molecule has 0 aromatic carbocycles. The van der Waals surface area contributed by atoms with Crippen LogP contribution in [-0.4, -0.2) is 46.8 Å². The molecule has 1 aromatic rings. The molecule has 1 aromatic heterocycles. The van der Waals surface area contributed by atoms with E-state index in [1.54, 1.807) is 6.07 Å². The number of rotatable bonds is 2. The molecule has 1 fully saturated rings. The Morgan fingerprint density at radius 3 is 3.12 bits per heavy atom. The van der Waals surface area contributed by atoms with E-state index in [1.165, 1.54) is 6.33 Å². The minimum atomic E-state index is -0.968. The second-order valence-electron chi connectivity index (χ2n) is 3.34. The van der Waals surface area contributed by atoms with Gasteiger partial charge in [-0.1, -0.05) is 11.6 Å². The molecule has 86 valence electrons. The Morgan fingerprint density at radius 2 is 2.44 bits per heavy atom. The fourth-order valence-corrected chi connectivity index (χ4v) is 1.65. The number of carboxylic acids is 1. The molecular formula is C9H10ClN3O3. The second-order valence-corrected chi connectivity index (χ2v) is 3.73. The first-order chi connectivity index (χ1) is 7.66. The van der Waals surface area contributed by atoms with Gasteiger partial charge in [-0.05, 0) is 0 Å². The molecule has 16 heavy (non-hydrogen) atoms. The molecule has 0 aliphatic carbocycles. The summed E-state index contributed by atoms with van der Waals surface area (Å²) < 4.78 is 5.10. The molecule has 1 N–H and O–H groups in total. The molecule has 1 atom stereocenters. The molecule has 1 aliphatic rings. The number of hydrogen-bond acceptors (Lipinski definition) is 5. The van der Waals surface area contributed by atoms with Gasteiger partial charge in [0.1, 0.15) is 17.3 Å². The van der Waals surface area contributed by atoms with Gasteiger partial charge in [0.05, 0.1) is 13.2 Å². The van der Waals surface area contributed by atoms with Gasteiger partial charge < -0.3 is 14.7 Å². The van der Waals surface area contributed by atoms with Crippen molar-refractivity contribution in [3.8, 4) is 0 Å². The summed E-state index contributed by atoms with van der Waals surface area (Å²) in [5, 5.41) is 9.18. The van der Waals surface area contributed by atoms with Crippen LogP contribution in [0.1, 0.15) is 0 Å². The van der Waals surface area contributed by atoms with Gasteiger partial charge in [0.15, 0.2) is 6.10 Å². The van der Waals surface area contributed by atoms with Crippen LogP contribution in [0.15, 0.2) is 12.4 Å². The van der Waals surface area contributed by atoms with Gasteiger partial charge in [-0.2, -0.15) is 0 Å². The Balaban J connectivity index is 2.12. The quantitative estimate of drug-likeness (QED) is 0.759. The van der Waals surface area contributed by atoms with Gasteiger partial charge in [-0.25, -0.2) is 14.8 Å². The van der Waals surface area contributed by atoms with E-state index in [1.807, 2.05) is 4.90 Å². The number of nitrogens with zero attached hydrogens (tertiary/aromatic N) is 3. The normalized spacial score (nSPS) is 20.8. The highest BCUT2D eigenvalue weighted by molar-refractivity contribution is 6.29. The maximum atomic E-state index is 10.8. The summed E-state index contributed by atoms with van der Waals surface area (Å²) >= 11 is 5.74. The van der Waals surface area contributed by atoms with Crippen LogP contribution in [-0.2, 0) is 9.53 Å². The fourth-order valence-electron chi connectivity index (χ4n) is 1.50. The highest BCUT2D eigenvalue weighted by Crippen LogP contribution is 2.17. The molecule has 1 aliphatic heterocycles. The van der Waals surface area contributed by atoms with E-state index in [0.29, 0.717) is 24.1 Å². The summed E-state index contributed by atoms with van der Waals surface area (Å²) in [6, 6.07) is 1.60. The van der Waals surface area contributed by atoms with Gasteiger partial charge >= 0.3 is 5.97 Å². The molecule has 2 rings (SSSR count). The zero-order chi connectivity index (χ0) is 11.5. The Bertz CT molecular complexity index is 401. The average Bonchev–Trinajstić information content (AvgIpc) is 2.29. The zero-order valence-electron chi connectivity index (χ0n) is 8.34. The number of carbonyl (C=O) groups is 1. The third kappa shape index (κ3) is 2.40. The molecule has 1 saturated heterocycles. The lowest BCUT2D eigenvalue weighted by Gasteiger charge is -2.31. The lowest BCUT2D eigenvalue weighted by Crippen LogP contribution is -2.46. The predicted molar refractivity (Wildman–Crippen MR) is 56.6 cm³/mol. The Labute approximate surface area is 96.8 Å². The molecule has 0 amide bonds. The second kappa shape index (κ2) is 4.63. The molecule has 6 nitrogen and oxygen atoms in total. The Morgan fingerprint density at radius 1 is 1.62 bits per heavy atom. The van der Waals surface area contributed by atoms with Crippen LogP contribution in [0.3, 0.4) is 0 Å². The van der Waals surface area contributed by atoms with Gasteiger partial charge in [-0.3, -0.25) is 0 Å². The summed E-state index contributed by atoms with van der Waals surface area (Å²) in [4.78, 5) is 20.4. The molecule has 7 heteroatoms. The number of anilines is 1. The highest BCUT2D eigenvalue weighted by atomic mass is 35.5. The highest BCUT2D eigenvalue weighted by Gasteiger charge is 2.26. The number of hydrogen-bond donors (Lipinski definition) is 1. The molecule has 0 saturated carbocycles. The third-order valence-electron chi connectivity index (χ3n) is 2.29. The van der Waals surface area contributed by atoms with E-state index in [0.717, 1.165) is 0 Å². The summed E-state index contributed by atoms with van der Waals surface area (Å²) in [6.07, 6.45) is 0.533. The standard InChI is InChI=1S/C9H10ClN3O3/c10-7-3-8(12-5-11-7)13-1-2-16-6(4-13)9(14)15/h3,5-6H,1-2,4H2,(H,14,15)/t6-/m1/s1. The van der Waals surface area contributed by atoms with Crippen LogP contribution in [0.2, 0.25) is 5.15 Å². The fraction of sp³-hybridized carbons (Fsp3) is 0.444. The first kappa shape index (κ1) is 11.1. The van der Waals surface area contributed by atoms with Gasteiger partial charge in [0.2, 0.25) is 0 Å². The molecule has 0 unspecified atom stereocenters. The zero-order valence-corrected chi connectivity index (χ0v) is 9.09. The first-order valence-electron chi connectivity index (χ1n) is 4.74. The minimum absolute atomic E-state index is 0.267. The van der Waals surface area contributed by atoms with Gasteiger partial charge in [0, 0.05) is 12.6 Å². The Hall–Kier alpha value is -1.40. The maximum absolute atomic E-state index is 10.8. The molecule has 0 radical (unpaired) electrons. The SMILES string of the molecule is O=C(O)[C@H]1CN(c2cc(Cl)ncn2)CCO1. The Kier molecular flexibility index (Phi) is 3.21. The van der Waals surface area contributed by atoms with Gasteiger partial charge in [-0.15, -0.1) is 0 Å².